The van der Waals surface area contributed by atoms with E-state index in [9.17, 15) is 17.6 Å². The molecule has 0 radical (unpaired) electrons. The average molecular weight is 394 g/mol. The van der Waals surface area contributed by atoms with E-state index in [1.54, 1.807) is 19.1 Å². The van der Waals surface area contributed by atoms with Crippen LogP contribution in [-0.4, -0.2) is 34.1 Å². The van der Waals surface area contributed by atoms with Crippen molar-refractivity contribution in [3.8, 4) is 0 Å². The molecule has 0 saturated heterocycles. The second-order valence-corrected chi connectivity index (χ2v) is 7.55. The molecule has 0 aliphatic rings. The van der Waals surface area contributed by atoms with Gasteiger partial charge < -0.3 is 10.1 Å². The Morgan fingerprint density at radius 3 is 2.52 bits per heavy atom. The SMILES string of the molecule is CCOCCCNC(=O)c1ccc(C)c(S(=O)(=O)Nc2ccc(F)cc2)c1. The van der Waals surface area contributed by atoms with Crippen LogP contribution in [-0.2, 0) is 14.8 Å². The quantitative estimate of drug-likeness (QED) is 0.640. The van der Waals surface area contributed by atoms with E-state index in [0.717, 1.165) is 12.1 Å². The van der Waals surface area contributed by atoms with Gasteiger partial charge >= 0.3 is 0 Å². The maximum Gasteiger partial charge on any atom is 0.262 e. The fraction of sp³-hybridized carbons (Fsp3) is 0.316. The van der Waals surface area contributed by atoms with Crippen LogP contribution in [0.4, 0.5) is 10.1 Å². The molecular weight excluding hydrogens is 371 g/mol. The largest absolute Gasteiger partial charge is 0.382 e. The number of ether oxygens (including phenoxy) is 1. The Kier molecular flexibility index (Phi) is 7.32. The highest BCUT2D eigenvalue weighted by Gasteiger charge is 2.19. The van der Waals surface area contributed by atoms with Crippen LogP contribution in [0.2, 0.25) is 0 Å². The Morgan fingerprint density at radius 1 is 1.15 bits per heavy atom. The van der Waals surface area contributed by atoms with Crippen molar-refractivity contribution in [2.75, 3.05) is 24.5 Å². The van der Waals surface area contributed by atoms with Crippen molar-refractivity contribution < 1.29 is 22.3 Å². The van der Waals surface area contributed by atoms with Crippen LogP contribution in [0, 0.1) is 12.7 Å². The maximum atomic E-state index is 13.0. The van der Waals surface area contributed by atoms with Gasteiger partial charge in [-0.3, -0.25) is 9.52 Å². The molecule has 0 fully saturated rings. The van der Waals surface area contributed by atoms with Gasteiger partial charge in [-0.25, -0.2) is 12.8 Å². The van der Waals surface area contributed by atoms with E-state index in [4.69, 9.17) is 4.74 Å². The summed E-state index contributed by atoms with van der Waals surface area (Å²) in [4.78, 5) is 12.2. The van der Waals surface area contributed by atoms with Gasteiger partial charge in [0.1, 0.15) is 5.82 Å². The summed E-state index contributed by atoms with van der Waals surface area (Å²) >= 11 is 0. The Hall–Kier alpha value is -2.45. The van der Waals surface area contributed by atoms with Gasteiger partial charge in [0.05, 0.1) is 4.90 Å². The van der Waals surface area contributed by atoms with Crippen molar-refractivity contribution in [1.82, 2.24) is 5.32 Å². The van der Waals surface area contributed by atoms with Gasteiger partial charge in [-0.2, -0.15) is 0 Å². The third-order valence-corrected chi connectivity index (χ3v) is 5.31. The smallest absolute Gasteiger partial charge is 0.262 e. The number of sulfonamides is 1. The lowest BCUT2D eigenvalue weighted by Gasteiger charge is -2.12. The zero-order valence-electron chi connectivity index (χ0n) is 15.3. The van der Waals surface area contributed by atoms with E-state index in [2.05, 4.69) is 10.0 Å². The number of carbonyl (C=O) groups is 1. The highest BCUT2D eigenvalue weighted by Crippen LogP contribution is 2.21. The van der Waals surface area contributed by atoms with E-state index < -0.39 is 15.8 Å². The maximum absolute atomic E-state index is 13.0. The highest BCUT2D eigenvalue weighted by atomic mass is 32.2. The summed E-state index contributed by atoms with van der Waals surface area (Å²) in [7, 11) is -3.92. The van der Waals surface area contributed by atoms with Gasteiger partial charge in [0, 0.05) is 31.0 Å². The summed E-state index contributed by atoms with van der Waals surface area (Å²) in [6.07, 6.45) is 0.669. The van der Waals surface area contributed by atoms with Gasteiger partial charge in [0.2, 0.25) is 0 Å². The standard InChI is InChI=1S/C19H23FN2O4S/c1-3-26-12-4-11-21-19(23)15-6-5-14(2)18(13-15)27(24,25)22-17-9-7-16(20)8-10-17/h5-10,13,22H,3-4,11-12H2,1-2H3,(H,21,23). The molecule has 2 rings (SSSR count). The molecule has 146 valence electrons. The molecule has 6 nitrogen and oxygen atoms in total. The van der Waals surface area contributed by atoms with Crippen molar-refractivity contribution in [3.63, 3.8) is 0 Å². The minimum absolute atomic E-state index is 0.00575. The summed E-state index contributed by atoms with van der Waals surface area (Å²) in [5.74, 6) is -0.818. The van der Waals surface area contributed by atoms with E-state index in [-0.39, 0.29) is 22.1 Å². The summed E-state index contributed by atoms with van der Waals surface area (Å²) in [5, 5.41) is 2.74. The van der Waals surface area contributed by atoms with Crippen LogP contribution < -0.4 is 10.0 Å². The topological polar surface area (TPSA) is 84.5 Å². The molecule has 0 heterocycles. The molecule has 8 heteroatoms. The number of hydrogen-bond acceptors (Lipinski definition) is 4. The van der Waals surface area contributed by atoms with E-state index in [1.807, 2.05) is 6.92 Å². The first kappa shape index (κ1) is 20.9. The number of halogens is 1. The van der Waals surface area contributed by atoms with E-state index in [1.165, 1.54) is 18.2 Å². The second kappa shape index (κ2) is 9.48. The number of amides is 1. The Morgan fingerprint density at radius 2 is 1.85 bits per heavy atom. The fourth-order valence-electron chi connectivity index (χ4n) is 2.38. The monoisotopic (exact) mass is 394 g/mol. The average Bonchev–Trinajstić information content (AvgIpc) is 2.63. The number of anilines is 1. The van der Waals surface area contributed by atoms with Crippen LogP contribution in [0.15, 0.2) is 47.4 Å². The molecule has 0 bridgehead atoms. The van der Waals surface area contributed by atoms with Crippen molar-refractivity contribution in [3.05, 3.63) is 59.4 Å². The lowest BCUT2D eigenvalue weighted by Crippen LogP contribution is -2.26. The number of benzene rings is 2. The van der Waals surface area contributed by atoms with Crippen molar-refractivity contribution in [2.24, 2.45) is 0 Å². The number of nitrogens with one attached hydrogen (secondary N) is 2. The first-order valence-corrected chi connectivity index (χ1v) is 10.1. The Balaban J connectivity index is 2.13. The zero-order chi connectivity index (χ0) is 19.9. The lowest BCUT2D eigenvalue weighted by atomic mass is 10.1. The van der Waals surface area contributed by atoms with Gasteiger partial charge in [-0.15, -0.1) is 0 Å². The van der Waals surface area contributed by atoms with Crippen LogP contribution >= 0.6 is 0 Å². The fourth-order valence-corrected chi connectivity index (χ4v) is 3.71. The van der Waals surface area contributed by atoms with Crippen LogP contribution in [0.25, 0.3) is 0 Å². The van der Waals surface area contributed by atoms with Crippen LogP contribution in [0.5, 0.6) is 0 Å². The third-order valence-electron chi connectivity index (χ3n) is 3.79. The third kappa shape index (κ3) is 6.04. The predicted molar refractivity (Wildman–Crippen MR) is 102 cm³/mol. The van der Waals surface area contributed by atoms with E-state index in [0.29, 0.717) is 31.7 Å². The summed E-state index contributed by atoms with van der Waals surface area (Å²) in [5.41, 5.74) is 0.982. The molecule has 27 heavy (non-hydrogen) atoms. The number of rotatable bonds is 9. The van der Waals surface area contributed by atoms with Gasteiger partial charge in [-0.05, 0) is 62.2 Å². The predicted octanol–water partition coefficient (Wildman–Crippen LogP) is 3.09. The van der Waals surface area contributed by atoms with Gasteiger partial charge in [-0.1, -0.05) is 6.07 Å². The zero-order valence-corrected chi connectivity index (χ0v) is 16.1. The van der Waals surface area contributed by atoms with Gasteiger partial charge in [0.25, 0.3) is 15.9 Å². The van der Waals surface area contributed by atoms with Gasteiger partial charge in [0.15, 0.2) is 0 Å². The Labute approximate surface area is 158 Å². The highest BCUT2D eigenvalue weighted by molar-refractivity contribution is 7.92. The Bertz CT molecular complexity index is 883. The minimum atomic E-state index is -3.92. The summed E-state index contributed by atoms with van der Waals surface area (Å²) in [6.45, 7) is 5.14. The number of aryl methyl sites for hydroxylation is 1. The van der Waals surface area contributed by atoms with Crippen LogP contribution in [0.1, 0.15) is 29.3 Å². The molecule has 1 amide bonds. The molecule has 0 unspecified atom stereocenters. The number of hydrogen-bond donors (Lipinski definition) is 2. The molecule has 0 aliphatic heterocycles. The number of carbonyl (C=O) groups excluding carboxylic acids is 1. The lowest BCUT2D eigenvalue weighted by molar-refractivity contribution is 0.0944. The molecule has 0 aromatic heterocycles. The van der Waals surface area contributed by atoms with Crippen LogP contribution in [0.3, 0.4) is 0 Å². The van der Waals surface area contributed by atoms with Crippen molar-refractivity contribution in [2.45, 2.75) is 25.2 Å². The second-order valence-electron chi connectivity index (χ2n) is 5.90. The minimum Gasteiger partial charge on any atom is -0.382 e. The van der Waals surface area contributed by atoms with Crippen molar-refractivity contribution in [1.29, 1.82) is 0 Å². The molecule has 0 aliphatic carbocycles. The molecule has 2 aromatic carbocycles. The normalized spacial score (nSPS) is 11.2. The van der Waals surface area contributed by atoms with Crippen molar-refractivity contribution >= 4 is 21.6 Å². The summed E-state index contributed by atoms with van der Waals surface area (Å²) < 4.78 is 45.9. The molecule has 0 atom stereocenters. The molecular formula is C19H23FN2O4S. The molecule has 2 N–H and O–H groups in total. The summed E-state index contributed by atoms with van der Waals surface area (Å²) in [6, 6.07) is 9.47. The first-order chi connectivity index (χ1) is 12.8. The molecule has 0 spiro atoms. The molecule has 0 saturated carbocycles. The first-order valence-electron chi connectivity index (χ1n) is 8.58. The molecule has 2 aromatic rings. The van der Waals surface area contributed by atoms with E-state index >= 15 is 0 Å².